The molecule has 1 amide bonds. The number of ether oxygens (including phenoxy) is 1. The molecule has 0 aromatic heterocycles. The third-order valence-electron chi connectivity index (χ3n) is 6.24. The molecule has 3 atom stereocenters. The molecule has 0 aliphatic carbocycles. The molecule has 2 fully saturated rings. The second kappa shape index (κ2) is 12.2. The Balaban J connectivity index is 0.000000275. The number of hydrogen-bond acceptors (Lipinski definition) is 8. The van der Waals surface area contributed by atoms with E-state index in [9.17, 15) is 18.3 Å². The van der Waals surface area contributed by atoms with Gasteiger partial charge in [-0.15, -0.1) is 0 Å². The highest BCUT2D eigenvalue weighted by Crippen LogP contribution is 2.34. The number of nitrogens with zero attached hydrogens (tertiary/aromatic N) is 2. The molecule has 36 heavy (non-hydrogen) atoms. The monoisotopic (exact) mass is 517 g/mol. The lowest BCUT2D eigenvalue weighted by atomic mass is 9.95. The highest BCUT2D eigenvalue weighted by atomic mass is 32.2. The van der Waals surface area contributed by atoms with E-state index in [-0.39, 0.29) is 47.8 Å². The van der Waals surface area contributed by atoms with E-state index in [4.69, 9.17) is 19.7 Å². The molecule has 2 aromatic carbocycles. The summed E-state index contributed by atoms with van der Waals surface area (Å²) in [6, 6.07) is 12.8. The zero-order chi connectivity index (χ0) is 26.3. The van der Waals surface area contributed by atoms with Crippen LogP contribution in [0.1, 0.15) is 36.3 Å². The average Bonchev–Trinajstić information content (AvgIpc) is 3.53. The van der Waals surface area contributed by atoms with E-state index in [0.717, 1.165) is 24.0 Å². The highest BCUT2D eigenvalue weighted by Gasteiger charge is 2.37. The minimum atomic E-state index is -4.02. The first-order valence-electron chi connectivity index (χ1n) is 11.7. The van der Waals surface area contributed by atoms with Crippen LogP contribution in [0.3, 0.4) is 0 Å². The predicted octanol–water partition coefficient (Wildman–Crippen LogP) is 1.97. The smallest absolute Gasteiger partial charge is 0.294 e. The van der Waals surface area contributed by atoms with Crippen LogP contribution in [0.2, 0.25) is 0 Å². The van der Waals surface area contributed by atoms with E-state index >= 15 is 0 Å². The Morgan fingerprint density at radius 2 is 1.97 bits per heavy atom. The third kappa shape index (κ3) is 6.95. The van der Waals surface area contributed by atoms with Crippen LogP contribution in [-0.4, -0.2) is 72.4 Å². The summed E-state index contributed by atoms with van der Waals surface area (Å²) in [6.45, 7) is 3.16. The zero-order valence-electron chi connectivity index (χ0n) is 20.0. The number of nitriles is 1. The van der Waals surface area contributed by atoms with Gasteiger partial charge in [-0.1, -0.05) is 23.8 Å². The number of hydrogen-bond donors (Lipinski definition) is 4. The first kappa shape index (κ1) is 27.4. The Hall–Kier alpha value is -3.17. The third-order valence-corrected chi connectivity index (χ3v) is 7.10. The number of nitrogens with one attached hydrogen (secondary N) is 1. The maximum atomic E-state index is 12.7. The number of phenolic OH excluding ortho intramolecular Hbond substituents is 1. The molecular weight excluding hydrogens is 486 g/mol. The van der Waals surface area contributed by atoms with Crippen molar-refractivity contribution in [1.82, 2.24) is 10.2 Å². The Bertz CT molecular complexity index is 1200. The van der Waals surface area contributed by atoms with Gasteiger partial charge in [-0.3, -0.25) is 9.35 Å². The standard InChI is InChI=1S/C18H23N3O4.C7H8O3S/c19-10-14-2-1-5-21(14)18(24)15-8-13(11-20-15)12-3-4-17(16(23)9-12)25-7-6-22;1-6-2-4-7(5-3-6)11(8,9)10/h3-4,9,13-15,20,22-23H,1-2,5-8,11H2;2-5H,1H3,(H,8,9,10)/t13-,14-,15-;/m0./s1. The van der Waals surface area contributed by atoms with E-state index in [1.165, 1.54) is 12.1 Å². The topological polar surface area (TPSA) is 160 Å². The number of aryl methyl sites for hydroxylation is 1. The van der Waals surface area contributed by atoms with Gasteiger partial charge in [-0.2, -0.15) is 13.7 Å². The lowest BCUT2D eigenvalue weighted by molar-refractivity contribution is -0.133. The minimum Gasteiger partial charge on any atom is -0.504 e. The van der Waals surface area contributed by atoms with Crippen LogP contribution >= 0.6 is 0 Å². The second-order valence-electron chi connectivity index (χ2n) is 8.80. The number of aromatic hydroxyl groups is 1. The zero-order valence-corrected chi connectivity index (χ0v) is 20.8. The van der Waals surface area contributed by atoms with Gasteiger partial charge < -0.3 is 25.2 Å². The SMILES string of the molecule is Cc1ccc(S(=O)(=O)O)cc1.N#C[C@@H]1CCCN1C(=O)[C@@H]1C[C@H](c2ccc(OCCO)c(O)c2)CN1. The summed E-state index contributed by atoms with van der Waals surface area (Å²) < 4.78 is 34.8. The summed E-state index contributed by atoms with van der Waals surface area (Å²) >= 11 is 0. The van der Waals surface area contributed by atoms with Crippen molar-refractivity contribution < 1.29 is 32.7 Å². The number of likely N-dealkylation sites (tertiary alicyclic amines) is 1. The number of amides is 1. The van der Waals surface area contributed by atoms with Gasteiger partial charge in [-0.25, -0.2) is 0 Å². The molecule has 2 aliphatic rings. The molecular formula is C25H31N3O7S. The Kier molecular flexibility index (Phi) is 9.28. The van der Waals surface area contributed by atoms with Crippen molar-refractivity contribution in [2.45, 2.75) is 49.1 Å². The van der Waals surface area contributed by atoms with Crippen LogP contribution in [0.25, 0.3) is 0 Å². The molecule has 2 saturated heterocycles. The number of aliphatic hydroxyl groups is 1. The Labute approximate surface area is 210 Å². The quantitative estimate of drug-likeness (QED) is 0.420. The summed E-state index contributed by atoms with van der Waals surface area (Å²) in [5.41, 5.74) is 1.90. The van der Waals surface area contributed by atoms with Gasteiger partial charge in [0.25, 0.3) is 10.1 Å². The Morgan fingerprint density at radius 3 is 2.58 bits per heavy atom. The lowest BCUT2D eigenvalue weighted by Crippen LogP contribution is -2.45. The Morgan fingerprint density at radius 1 is 1.25 bits per heavy atom. The summed E-state index contributed by atoms with van der Waals surface area (Å²) in [4.78, 5) is 14.3. The molecule has 11 heteroatoms. The fraction of sp³-hybridized carbons (Fsp3) is 0.440. The molecule has 4 rings (SSSR count). The number of rotatable bonds is 6. The molecule has 10 nitrogen and oxygen atoms in total. The summed E-state index contributed by atoms with van der Waals surface area (Å²) in [6.07, 6.45) is 2.27. The molecule has 194 valence electrons. The van der Waals surface area contributed by atoms with Gasteiger partial charge in [0.2, 0.25) is 5.91 Å². The van der Waals surface area contributed by atoms with Crippen LogP contribution in [0, 0.1) is 18.3 Å². The van der Waals surface area contributed by atoms with Crippen molar-refractivity contribution in [2.75, 3.05) is 26.3 Å². The normalized spacial score (nSPS) is 21.4. The van der Waals surface area contributed by atoms with Crippen LogP contribution in [0.4, 0.5) is 0 Å². The number of benzene rings is 2. The number of aliphatic hydroxyl groups excluding tert-OH is 1. The van der Waals surface area contributed by atoms with E-state index < -0.39 is 10.1 Å². The fourth-order valence-corrected chi connectivity index (χ4v) is 4.80. The second-order valence-corrected chi connectivity index (χ2v) is 10.2. The molecule has 0 spiro atoms. The molecule has 2 heterocycles. The summed E-state index contributed by atoms with van der Waals surface area (Å²) in [7, 11) is -4.02. The fourth-order valence-electron chi connectivity index (χ4n) is 4.32. The van der Waals surface area contributed by atoms with Gasteiger partial charge in [0.1, 0.15) is 12.6 Å². The van der Waals surface area contributed by atoms with Crippen LogP contribution < -0.4 is 10.1 Å². The molecule has 0 radical (unpaired) electrons. The molecule has 0 bridgehead atoms. The molecule has 0 unspecified atom stereocenters. The first-order valence-corrected chi connectivity index (χ1v) is 13.1. The van der Waals surface area contributed by atoms with Crippen molar-refractivity contribution in [1.29, 1.82) is 5.26 Å². The first-order chi connectivity index (χ1) is 17.1. The van der Waals surface area contributed by atoms with Gasteiger partial charge >= 0.3 is 0 Å². The van der Waals surface area contributed by atoms with E-state index in [1.807, 2.05) is 13.0 Å². The van der Waals surface area contributed by atoms with Crippen molar-refractivity contribution in [3.63, 3.8) is 0 Å². The van der Waals surface area contributed by atoms with Crippen molar-refractivity contribution in [2.24, 2.45) is 0 Å². The van der Waals surface area contributed by atoms with Crippen LogP contribution in [-0.2, 0) is 14.9 Å². The lowest BCUT2D eigenvalue weighted by Gasteiger charge is -2.23. The summed E-state index contributed by atoms with van der Waals surface area (Å²) in [5, 5.41) is 31.2. The molecule has 4 N–H and O–H groups in total. The predicted molar refractivity (Wildman–Crippen MR) is 131 cm³/mol. The average molecular weight is 518 g/mol. The number of carbonyl (C=O) groups excluding carboxylic acids is 1. The van der Waals surface area contributed by atoms with Crippen molar-refractivity contribution >= 4 is 16.0 Å². The largest absolute Gasteiger partial charge is 0.504 e. The maximum Gasteiger partial charge on any atom is 0.294 e. The van der Waals surface area contributed by atoms with Gasteiger partial charge in [0.15, 0.2) is 11.5 Å². The van der Waals surface area contributed by atoms with E-state index in [1.54, 1.807) is 29.2 Å². The molecule has 0 saturated carbocycles. The van der Waals surface area contributed by atoms with Crippen LogP contribution in [0.5, 0.6) is 11.5 Å². The van der Waals surface area contributed by atoms with Crippen molar-refractivity contribution in [3.8, 4) is 17.6 Å². The maximum absolute atomic E-state index is 12.7. The van der Waals surface area contributed by atoms with Gasteiger partial charge in [0, 0.05) is 13.1 Å². The summed E-state index contributed by atoms with van der Waals surface area (Å²) in [5.74, 6) is 0.490. The van der Waals surface area contributed by atoms with Crippen molar-refractivity contribution in [3.05, 3.63) is 53.6 Å². The molecule has 2 aliphatic heterocycles. The highest BCUT2D eigenvalue weighted by molar-refractivity contribution is 7.85. The number of carbonyl (C=O) groups is 1. The van der Waals surface area contributed by atoms with Gasteiger partial charge in [0.05, 0.1) is 23.6 Å². The van der Waals surface area contributed by atoms with E-state index in [2.05, 4.69) is 11.4 Å². The number of phenols is 1. The van der Waals surface area contributed by atoms with Crippen LogP contribution in [0.15, 0.2) is 47.4 Å². The van der Waals surface area contributed by atoms with E-state index in [0.29, 0.717) is 25.3 Å². The van der Waals surface area contributed by atoms with Gasteiger partial charge in [-0.05, 0) is 61.9 Å². The molecule has 2 aromatic rings. The minimum absolute atomic E-state index is 0.00123.